The van der Waals surface area contributed by atoms with Crippen LogP contribution in [0, 0.1) is 12.3 Å². The Kier molecular flexibility index (Phi) is 3.79. The van der Waals surface area contributed by atoms with E-state index in [4.69, 9.17) is 15.9 Å². The smallest absolute Gasteiger partial charge is 0.220 e. The van der Waals surface area contributed by atoms with Crippen LogP contribution in [0.2, 0.25) is 0 Å². The Morgan fingerprint density at radius 3 is 2.95 bits per heavy atom. The number of aromatic nitrogens is 3. The second-order valence-electron chi connectivity index (χ2n) is 4.29. The first-order valence-electron chi connectivity index (χ1n) is 6.12. The van der Waals surface area contributed by atoms with Crippen molar-refractivity contribution >= 4 is 5.84 Å². The number of nitrogen functional groups attached to an aromatic ring is 1. The van der Waals surface area contributed by atoms with Crippen molar-refractivity contribution < 1.29 is 4.74 Å². The first-order valence-corrected chi connectivity index (χ1v) is 6.12. The standard InChI is InChI=1S/C13H17N5O/c1-3-4-18-8-11(7-16-18)19-12-6-10(13(14)15)5-9(2)17-12/h5-8H,3-4H2,1-2H3,(H3,14,15). The first-order chi connectivity index (χ1) is 9.08. The van der Waals surface area contributed by atoms with Crippen LogP contribution >= 0.6 is 0 Å². The van der Waals surface area contributed by atoms with Crippen molar-refractivity contribution in [3.05, 3.63) is 35.8 Å². The molecule has 0 aliphatic rings. The molecule has 6 heteroatoms. The molecule has 0 unspecified atom stereocenters. The van der Waals surface area contributed by atoms with Gasteiger partial charge in [0.15, 0.2) is 5.75 Å². The number of hydrogen-bond acceptors (Lipinski definition) is 4. The third-order valence-electron chi connectivity index (χ3n) is 2.53. The summed E-state index contributed by atoms with van der Waals surface area (Å²) in [5.74, 6) is 1.04. The largest absolute Gasteiger partial charge is 0.436 e. The number of rotatable bonds is 5. The van der Waals surface area contributed by atoms with Crippen molar-refractivity contribution in [1.29, 1.82) is 5.41 Å². The van der Waals surface area contributed by atoms with Gasteiger partial charge < -0.3 is 10.5 Å². The Bertz CT molecular complexity index is 590. The summed E-state index contributed by atoms with van der Waals surface area (Å²) >= 11 is 0. The maximum absolute atomic E-state index is 7.45. The van der Waals surface area contributed by atoms with Gasteiger partial charge in [-0.1, -0.05) is 6.92 Å². The molecule has 0 aliphatic heterocycles. The highest BCUT2D eigenvalue weighted by molar-refractivity contribution is 5.95. The van der Waals surface area contributed by atoms with Gasteiger partial charge in [0.25, 0.3) is 0 Å². The highest BCUT2D eigenvalue weighted by Crippen LogP contribution is 2.20. The molecule has 0 saturated heterocycles. The zero-order valence-electron chi connectivity index (χ0n) is 11.1. The van der Waals surface area contributed by atoms with Crippen LogP contribution in [0.1, 0.15) is 24.6 Å². The first kappa shape index (κ1) is 13.1. The van der Waals surface area contributed by atoms with Gasteiger partial charge in [-0.15, -0.1) is 0 Å². The van der Waals surface area contributed by atoms with Crippen LogP contribution in [-0.4, -0.2) is 20.6 Å². The van der Waals surface area contributed by atoms with Gasteiger partial charge in [-0.25, -0.2) is 4.98 Å². The molecule has 0 fully saturated rings. The second kappa shape index (κ2) is 5.51. The lowest BCUT2D eigenvalue weighted by atomic mass is 10.2. The molecule has 0 aromatic carbocycles. The summed E-state index contributed by atoms with van der Waals surface area (Å²) in [7, 11) is 0. The fourth-order valence-corrected chi connectivity index (χ4v) is 1.72. The van der Waals surface area contributed by atoms with Crippen molar-refractivity contribution in [2.75, 3.05) is 0 Å². The van der Waals surface area contributed by atoms with Crippen LogP contribution in [0.25, 0.3) is 0 Å². The summed E-state index contributed by atoms with van der Waals surface area (Å²) in [6.45, 7) is 4.77. The maximum atomic E-state index is 7.45. The Morgan fingerprint density at radius 2 is 2.26 bits per heavy atom. The topological polar surface area (TPSA) is 89.8 Å². The number of nitrogens with one attached hydrogen (secondary N) is 1. The van der Waals surface area contributed by atoms with E-state index in [1.54, 1.807) is 18.3 Å². The predicted molar refractivity (Wildman–Crippen MR) is 72.6 cm³/mol. The molecule has 19 heavy (non-hydrogen) atoms. The number of nitrogens with zero attached hydrogens (tertiary/aromatic N) is 3. The predicted octanol–water partition coefficient (Wildman–Crippen LogP) is 2.07. The fraction of sp³-hybridized carbons (Fsp3) is 0.308. The molecule has 0 radical (unpaired) electrons. The molecule has 2 aromatic heterocycles. The average molecular weight is 259 g/mol. The number of ether oxygens (including phenoxy) is 1. The highest BCUT2D eigenvalue weighted by atomic mass is 16.5. The van der Waals surface area contributed by atoms with Gasteiger partial charge in [0.2, 0.25) is 5.88 Å². The van der Waals surface area contributed by atoms with E-state index in [1.165, 1.54) is 0 Å². The Balaban J connectivity index is 2.19. The molecule has 2 rings (SSSR count). The molecule has 3 N–H and O–H groups in total. The lowest BCUT2D eigenvalue weighted by molar-refractivity contribution is 0.460. The summed E-state index contributed by atoms with van der Waals surface area (Å²) in [4.78, 5) is 4.26. The van der Waals surface area contributed by atoms with Crippen molar-refractivity contribution in [1.82, 2.24) is 14.8 Å². The van der Waals surface area contributed by atoms with Crippen LogP contribution in [0.4, 0.5) is 0 Å². The molecule has 0 amide bonds. The van der Waals surface area contributed by atoms with Gasteiger partial charge in [-0.3, -0.25) is 10.1 Å². The van der Waals surface area contributed by atoms with E-state index in [-0.39, 0.29) is 5.84 Å². The van der Waals surface area contributed by atoms with E-state index >= 15 is 0 Å². The molecule has 2 heterocycles. The normalized spacial score (nSPS) is 10.4. The lowest BCUT2D eigenvalue weighted by Crippen LogP contribution is -2.11. The zero-order chi connectivity index (χ0) is 13.8. The fourth-order valence-electron chi connectivity index (χ4n) is 1.72. The lowest BCUT2D eigenvalue weighted by Gasteiger charge is -2.05. The number of amidine groups is 1. The van der Waals surface area contributed by atoms with Crippen LogP contribution in [0.15, 0.2) is 24.5 Å². The third kappa shape index (κ3) is 3.31. The SMILES string of the molecule is CCCn1cc(Oc2cc(C(=N)N)cc(C)n2)cn1. The van der Waals surface area contributed by atoms with Crippen LogP contribution in [0.5, 0.6) is 11.6 Å². The summed E-state index contributed by atoms with van der Waals surface area (Å²) in [5, 5.41) is 11.6. The third-order valence-corrected chi connectivity index (χ3v) is 2.53. The molecular weight excluding hydrogens is 242 g/mol. The minimum atomic E-state index is -0.00275. The molecule has 0 atom stereocenters. The number of aryl methyl sites for hydroxylation is 2. The van der Waals surface area contributed by atoms with E-state index < -0.39 is 0 Å². The minimum absolute atomic E-state index is 0.00275. The van der Waals surface area contributed by atoms with Crippen LogP contribution in [-0.2, 0) is 6.54 Å². The monoisotopic (exact) mass is 259 g/mol. The van der Waals surface area contributed by atoms with Crippen molar-refractivity contribution in [2.24, 2.45) is 5.73 Å². The summed E-state index contributed by atoms with van der Waals surface area (Å²) in [6, 6.07) is 3.39. The second-order valence-corrected chi connectivity index (χ2v) is 4.29. The van der Waals surface area contributed by atoms with E-state index in [1.807, 2.05) is 17.8 Å². The molecule has 2 aromatic rings. The van der Waals surface area contributed by atoms with E-state index in [2.05, 4.69) is 17.0 Å². The molecular formula is C13H17N5O. The molecule has 100 valence electrons. The summed E-state index contributed by atoms with van der Waals surface area (Å²) in [5.41, 5.74) is 6.83. The quantitative estimate of drug-likeness (QED) is 0.635. The Hall–Kier alpha value is -2.37. The van der Waals surface area contributed by atoms with Gasteiger partial charge in [0.1, 0.15) is 5.84 Å². The van der Waals surface area contributed by atoms with Crippen LogP contribution < -0.4 is 10.5 Å². The summed E-state index contributed by atoms with van der Waals surface area (Å²) < 4.78 is 7.45. The van der Waals surface area contributed by atoms with Crippen molar-refractivity contribution in [2.45, 2.75) is 26.8 Å². The number of pyridine rings is 1. The summed E-state index contributed by atoms with van der Waals surface area (Å²) in [6.07, 6.45) is 4.48. The van der Waals surface area contributed by atoms with E-state index in [0.29, 0.717) is 17.2 Å². The van der Waals surface area contributed by atoms with Crippen molar-refractivity contribution in [3.8, 4) is 11.6 Å². The van der Waals surface area contributed by atoms with Gasteiger partial charge in [-0.05, 0) is 19.4 Å². The van der Waals surface area contributed by atoms with E-state index in [9.17, 15) is 0 Å². The Labute approximate surface area is 111 Å². The molecule has 0 bridgehead atoms. The zero-order valence-corrected chi connectivity index (χ0v) is 11.1. The Morgan fingerprint density at radius 1 is 1.47 bits per heavy atom. The highest BCUT2D eigenvalue weighted by Gasteiger charge is 2.06. The molecule has 0 aliphatic carbocycles. The van der Waals surface area contributed by atoms with Gasteiger partial charge >= 0.3 is 0 Å². The number of nitrogens with two attached hydrogens (primary N) is 1. The minimum Gasteiger partial charge on any atom is -0.436 e. The van der Waals surface area contributed by atoms with Gasteiger partial charge in [0, 0.05) is 23.9 Å². The average Bonchev–Trinajstić information content (AvgIpc) is 2.76. The van der Waals surface area contributed by atoms with Crippen LogP contribution in [0.3, 0.4) is 0 Å². The molecule has 0 spiro atoms. The van der Waals surface area contributed by atoms with E-state index in [0.717, 1.165) is 18.7 Å². The maximum Gasteiger partial charge on any atom is 0.220 e. The molecule has 0 saturated carbocycles. The van der Waals surface area contributed by atoms with Gasteiger partial charge in [0.05, 0.1) is 12.4 Å². The van der Waals surface area contributed by atoms with Crippen molar-refractivity contribution in [3.63, 3.8) is 0 Å². The van der Waals surface area contributed by atoms with Gasteiger partial charge in [-0.2, -0.15) is 5.10 Å². The number of hydrogen-bond donors (Lipinski definition) is 2. The molecule has 6 nitrogen and oxygen atoms in total.